The van der Waals surface area contributed by atoms with Gasteiger partial charge in [-0.1, -0.05) is 27.2 Å². The van der Waals surface area contributed by atoms with Crippen molar-refractivity contribution in [1.29, 1.82) is 0 Å². The van der Waals surface area contributed by atoms with Gasteiger partial charge in [0, 0.05) is 5.92 Å². The maximum atomic E-state index is 10.9. The fraction of sp³-hybridized carbons (Fsp3) is 0.833. The molecule has 4 N–H and O–H groups in total. The first kappa shape index (κ1) is 16.5. The van der Waals surface area contributed by atoms with E-state index >= 15 is 0 Å². The topological polar surface area (TPSA) is 105 Å². The number of primary amides is 2. The van der Waals surface area contributed by atoms with Gasteiger partial charge in [-0.15, -0.1) is 0 Å². The Balaban J connectivity index is 4.65. The van der Waals surface area contributed by atoms with E-state index in [1.807, 2.05) is 13.8 Å². The predicted molar refractivity (Wildman–Crippen MR) is 67.8 cm³/mol. The molecule has 6 heteroatoms. The van der Waals surface area contributed by atoms with Crippen molar-refractivity contribution in [1.82, 2.24) is 0 Å². The summed E-state index contributed by atoms with van der Waals surface area (Å²) in [5.41, 5.74) is 10.0. The molecule has 106 valence electrons. The molecular weight excluding hydrogens is 236 g/mol. The van der Waals surface area contributed by atoms with Crippen LogP contribution in [-0.4, -0.2) is 24.9 Å². The van der Waals surface area contributed by atoms with Crippen LogP contribution in [0.3, 0.4) is 0 Å². The average molecular weight is 260 g/mol. The lowest BCUT2D eigenvalue weighted by molar-refractivity contribution is 0.00456. The summed E-state index contributed by atoms with van der Waals surface area (Å²) in [5.74, 6) is 0.0653. The third-order valence-corrected chi connectivity index (χ3v) is 2.99. The first-order chi connectivity index (χ1) is 8.42. The quantitative estimate of drug-likeness (QED) is 0.696. The summed E-state index contributed by atoms with van der Waals surface area (Å²) < 4.78 is 9.95. The number of hydrogen-bond acceptors (Lipinski definition) is 4. The minimum Gasteiger partial charge on any atom is -0.449 e. The van der Waals surface area contributed by atoms with Crippen molar-refractivity contribution in [2.75, 3.05) is 6.61 Å². The lowest BCUT2D eigenvalue weighted by atomic mass is 9.88. The summed E-state index contributed by atoms with van der Waals surface area (Å²) in [6, 6.07) is 0. The van der Waals surface area contributed by atoms with Crippen molar-refractivity contribution in [3.05, 3.63) is 0 Å². The van der Waals surface area contributed by atoms with Crippen LogP contribution in [0.15, 0.2) is 0 Å². The molecular formula is C12H24N2O4. The molecule has 0 aliphatic heterocycles. The number of amides is 2. The van der Waals surface area contributed by atoms with Gasteiger partial charge in [0.05, 0.1) is 6.61 Å². The van der Waals surface area contributed by atoms with E-state index in [4.69, 9.17) is 20.9 Å². The van der Waals surface area contributed by atoms with E-state index in [-0.39, 0.29) is 24.5 Å². The zero-order valence-corrected chi connectivity index (χ0v) is 11.3. The Morgan fingerprint density at radius 3 is 2.17 bits per heavy atom. The third-order valence-electron chi connectivity index (χ3n) is 2.99. The highest BCUT2D eigenvalue weighted by Gasteiger charge is 2.29. The smallest absolute Gasteiger partial charge is 0.404 e. The first-order valence-electron chi connectivity index (χ1n) is 6.30. The van der Waals surface area contributed by atoms with Crippen molar-refractivity contribution in [2.45, 2.75) is 46.1 Å². The molecule has 6 nitrogen and oxygen atoms in total. The van der Waals surface area contributed by atoms with Gasteiger partial charge in [0.15, 0.2) is 0 Å². The van der Waals surface area contributed by atoms with E-state index in [0.29, 0.717) is 6.42 Å². The summed E-state index contributed by atoms with van der Waals surface area (Å²) in [4.78, 5) is 21.6. The SMILES string of the molecule is CCCC(C)C(OC(N)=O)C(CC)COC(N)=O. The van der Waals surface area contributed by atoms with Gasteiger partial charge in [-0.25, -0.2) is 9.59 Å². The number of carbonyl (C=O) groups excluding carboxylic acids is 2. The van der Waals surface area contributed by atoms with Gasteiger partial charge in [-0.05, 0) is 18.8 Å². The fourth-order valence-electron chi connectivity index (χ4n) is 2.06. The molecule has 0 spiro atoms. The summed E-state index contributed by atoms with van der Waals surface area (Å²) >= 11 is 0. The normalized spacial score (nSPS) is 15.5. The number of rotatable bonds is 8. The molecule has 18 heavy (non-hydrogen) atoms. The molecule has 0 aliphatic carbocycles. The Morgan fingerprint density at radius 2 is 1.78 bits per heavy atom. The van der Waals surface area contributed by atoms with Crippen molar-refractivity contribution >= 4 is 12.2 Å². The number of ether oxygens (including phenoxy) is 2. The molecule has 0 aromatic heterocycles. The van der Waals surface area contributed by atoms with Crippen LogP contribution < -0.4 is 11.5 Å². The van der Waals surface area contributed by atoms with E-state index in [1.54, 1.807) is 0 Å². The monoisotopic (exact) mass is 260 g/mol. The Morgan fingerprint density at radius 1 is 1.17 bits per heavy atom. The Labute approximate surface area is 108 Å². The molecule has 0 bridgehead atoms. The van der Waals surface area contributed by atoms with Crippen LogP contribution in [0.1, 0.15) is 40.0 Å². The third kappa shape index (κ3) is 6.32. The molecule has 0 radical (unpaired) electrons. The standard InChI is InChI=1S/C12H24N2O4/c1-4-6-8(3)10(18-12(14)16)9(5-2)7-17-11(13)15/h8-10H,4-7H2,1-3H3,(H2,13,15)(H2,14,16). The van der Waals surface area contributed by atoms with Crippen molar-refractivity contribution in [3.63, 3.8) is 0 Å². The van der Waals surface area contributed by atoms with E-state index in [0.717, 1.165) is 12.8 Å². The average Bonchev–Trinajstić information content (AvgIpc) is 2.27. The second kappa shape index (κ2) is 8.60. The highest BCUT2D eigenvalue weighted by atomic mass is 16.6. The van der Waals surface area contributed by atoms with Crippen LogP contribution in [0.2, 0.25) is 0 Å². The van der Waals surface area contributed by atoms with Crippen LogP contribution in [0.25, 0.3) is 0 Å². The maximum Gasteiger partial charge on any atom is 0.404 e. The Bertz CT molecular complexity index is 271. The first-order valence-corrected chi connectivity index (χ1v) is 6.30. The highest BCUT2D eigenvalue weighted by molar-refractivity contribution is 5.65. The number of nitrogens with two attached hydrogens (primary N) is 2. The predicted octanol–water partition coefficient (Wildman–Crippen LogP) is 2.01. The zero-order chi connectivity index (χ0) is 14.1. The van der Waals surface area contributed by atoms with Gasteiger partial charge in [-0.2, -0.15) is 0 Å². The van der Waals surface area contributed by atoms with Crippen molar-refractivity contribution in [3.8, 4) is 0 Å². The van der Waals surface area contributed by atoms with E-state index in [2.05, 4.69) is 6.92 Å². The van der Waals surface area contributed by atoms with Crippen LogP contribution in [0, 0.1) is 11.8 Å². The molecule has 0 aliphatic rings. The molecule has 0 heterocycles. The molecule has 0 fully saturated rings. The molecule has 0 aromatic carbocycles. The van der Waals surface area contributed by atoms with Gasteiger partial charge < -0.3 is 20.9 Å². The number of hydrogen-bond donors (Lipinski definition) is 2. The molecule has 2 amide bonds. The highest BCUT2D eigenvalue weighted by Crippen LogP contribution is 2.24. The summed E-state index contributed by atoms with van der Waals surface area (Å²) in [6.45, 7) is 6.12. The van der Waals surface area contributed by atoms with Crippen molar-refractivity contribution < 1.29 is 19.1 Å². The Hall–Kier alpha value is -1.46. The number of carbonyl (C=O) groups is 2. The second-order valence-corrected chi connectivity index (χ2v) is 4.47. The van der Waals surface area contributed by atoms with Crippen molar-refractivity contribution in [2.24, 2.45) is 23.3 Å². The molecule has 0 saturated heterocycles. The zero-order valence-electron chi connectivity index (χ0n) is 11.3. The van der Waals surface area contributed by atoms with Gasteiger partial charge >= 0.3 is 12.2 Å². The lowest BCUT2D eigenvalue weighted by Gasteiger charge is -2.29. The second-order valence-electron chi connectivity index (χ2n) is 4.47. The van der Waals surface area contributed by atoms with Crippen LogP contribution in [0.5, 0.6) is 0 Å². The van der Waals surface area contributed by atoms with E-state index < -0.39 is 12.2 Å². The van der Waals surface area contributed by atoms with Crippen LogP contribution in [0.4, 0.5) is 9.59 Å². The molecule has 0 aromatic rings. The molecule has 3 unspecified atom stereocenters. The fourth-order valence-corrected chi connectivity index (χ4v) is 2.06. The van der Waals surface area contributed by atoms with Gasteiger partial charge in [0.2, 0.25) is 0 Å². The van der Waals surface area contributed by atoms with Crippen LogP contribution in [-0.2, 0) is 9.47 Å². The summed E-state index contributed by atoms with van der Waals surface area (Å²) in [7, 11) is 0. The van der Waals surface area contributed by atoms with Gasteiger partial charge in [-0.3, -0.25) is 0 Å². The summed E-state index contributed by atoms with van der Waals surface area (Å²) in [5, 5.41) is 0. The minimum atomic E-state index is -0.825. The largest absolute Gasteiger partial charge is 0.449 e. The van der Waals surface area contributed by atoms with Gasteiger partial charge in [0.1, 0.15) is 6.10 Å². The van der Waals surface area contributed by atoms with E-state index in [9.17, 15) is 9.59 Å². The lowest BCUT2D eigenvalue weighted by Crippen LogP contribution is -2.37. The Kier molecular flexibility index (Phi) is 7.91. The molecule has 0 rings (SSSR count). The molecule has 3 atom stereocenters. The molecule has 0 saturated carbocycles. The van der Waals surface area contributed by atoms with Crippen LogP contribution >= 0.6 is 0 Å². The maximum absolute atomic E-state index is 10.9. The van der Waals surface area contributed by atoms with Gasteiger partial charge in [0.25, 0.3) is 0 Å². The summed E-state index contributed by atoms with van der Waals surface area (Å²) in [6.07, 6.45) is 0.610. The van der Waals surface area contributed by atoms with E-state index in [1.165, 1.54) is 0 Å². The minimum absolute atomic E-state index is 0.0912.